The molecular weight excluding hydrogens is 212 g/mol. The lowest BCUT2D eigenvalue weighted by atomic mass is 10.1. The molecule has 1 aliphatic heterocycles. The van der Waals surface area contributed by atoms with E-state index in [0.717, 1.165) is 18.1 Å². The number of anilines is 1. The fourth-order valence-corrected chi connectivity index (χ4v) is 2.30. The van der Waals surface area contributed by atoms with E-state index in [2.05, 4.69) is 27.1 Å². The van der Waals surface area contributed by atoms with Crippen LogP contribution in [0.2, 0.25) is 0 Å². The van der Waals surface area contributed by atoms with Gasteiger partial charge in [-0.3, -0.25) is 4.98 Å². The maximum Gasteiger partial charge on any atom is 0.144 e. The van der Waals surface area contributed by atoms with Crippen molar-refractivity contribution in [2.75, 3.05) is 31.5 Å². The Morgan fingerprint density at radius 3 is 2.82 bits per heavy atom. The molecule has 4 nitrogen and oxygen atoms in total. The maximum atomic E-state index is 4.39. The van der Waals surface area contributed by atoms with E-state index < -0.39 is 0 Å². The molecule has 0 radical (unpaired) electrons. The van der Waals surface area contributed by atoms with Crippen molar-refractivity contribution in [2.45, 2.75) is 26.7 Å². The summed E-state index contributed by atoms with van der Waals surface area (Å²) in [5, 5.41) is 3.36. The molecule has 1 saturated heterocycles. The van der Waals surface area contributed by atoms with Crippen molar-refractivity contribution in [1.82, 2.24) is 14.9 Å². The van der Waals surface area contributed by atoms with E-state index in [-0.39, 0.29) is 0 Å². The van der Waals surface area contributed by atoms with E-state index in [9.17, 15) is 0 Å². The Morgan fingerprint density at radius 1 is 1.35 bits per heavy atom. The summed E-state index contributed by atoms with van der Waals surface area (Å²) in [6.45, 7) is 8.95. The molecule has 1 atom stereocenters. The molecule has 0 aliphatic carbocycles. The number of rotatable bonds is 5. The monoisotopic (exact) mass is 234 g/mol. The van der Waals surface area contributed by atoms with Gasteiger partial charge in [-0.05, 0) is 38.8 Å². The van der Waals surface area contributed by atoms with Crippen LogP contribution >= 0.6 is 0 Å². The number of nitrogens with zero attached hydrogens (tertiary/aromatic N) is 3. The minimum absolute atomic E-state index is 0.649. The van der Waals surface area contributed by atoms with Crippen LogP contribution < -0.4 is 5.32 Å². The highest BCUT2D eigenvalue weighted by Crippen LogP contribution is 2.11. The Bertz CT molecular complexity index is 347. The van der Waals surface area contributed by atoms with Gasteiger partial charge in [-0.15, -0.1) is 0 Å². The second kappa shape index (κ2) is 5.96. The van der Waals surface area contributed by atoms with Crippen molar-refractivity contribution in [3.63, 3.8) is 0 Å². The third-order valence-corrected chi connectivity index (χ3v) is 3.16. The first-order chi connectivity index (χ1) is 8.24. The van der Waals surface area contributed by atoms with E-state index >= 15 is 0 Å². The van der Waals surface area contributed by atoms with Gasteiger partial charge in [0.25, 0.3) is 0 Å². The second-order valence-electron chi connectivity index (χ2n) is 5.04. The summed E-state index contributed by atoms with van der Waals surface area (Å²) >= 11 is 0. The minimum Gasteiger partial charge on any atom is -0.368 e. The van der Waals surface area contributed by atoms with E-state index in [1.807, 2.05) is 6.92 Å². The quantitative estimate of drug-likeness (QED) is 0.845. The lowest BCUT2D eigenvalue weighted by Crippen LogP contribution is -2.29. The standard InChI is InChI=1S/C13H22N4/c1-11(10-17-5-3-4-6-17)7-15-13-9-14-8-12(2)16-13/h8-9,11H,3-7,10H2,1-2H3,(H,15,16)/t11-/m1/s1. The largest absolute Gasteiger partial charge is 0.368 e. The van der Waals surface area contributed by atoms with Gasteiger partial charge in [-0.2, -0.15) is 0 Å². The minimum atomic E-state index is 0.649. The highest BCUT2D eigenvalue weighted by atomic mass is 15.1. The predicted molar refractivity (Wildman–Crippen MR) is 70.1 cm³/mol. The SMILES string of the molecule is Cc1cncc(NC[C@@H](C)CN2CCCC2)n1. The summed E-state index contributed by atoms with van der Waals surface area (Å²) in [6, 6.07) is 0. The predicted octanol–water partition coefficient (Wildman–Crippen LogP) is 1.93. The molecule has 0 amide bonds. The second-order valence-corrected chi connectivity index (χ2v) is 5.04. The Morgan fingerprint density at radius 2 is 2.12 bits per heavy atom. The van der Waals surface area contributed by atoms with Gasteiger partial charge >= 0.3 is 0 Å². The molecule has 0 spiro atoms. The van der Waals surface area contributed by atoms with Gasteiger partial charge in [-0.1, -0.05) is 6.92 Å². The van der Waals surface area contributed by atoms with Crippen LogP contribution in [0.1, 0.15) is 25.5 Å². The van der Waals surface area contributed by atoms with Gasteiger partial charge in [0.2, 0.25) is 0 Å². The highest BCUT2D eigenvalue weighted by molar-refractivity contribution is 5.31. The first kappa shape index (κ1) is 12.3. The van der Waals surface area contributed by atoms with Crippen LogP contribution in [0, 0.1) is 12.8 Å². The van der Waals surface area contributed by atoms with Crippen LogP contribution in [-0.2, 0) is 0 Å². The first-order valence-corrected chi connectivity index (χ1v) is 6.49. The van der Waals surface area contributed by atoms with Gasteiger partial charge in [0.15, 0.2) is 0 Å². The molecule has 0 saturated carbocycles. The highest BCUT2D eigenvalue weighted by Gasteiger charge is 2.14. The molecule has 0 aromatic carbocycles. The smallest absolute Gasteiger partial charge is 0.144 e. The molecule has 2 rings (SSSR count). The molecule has 4 heteroatoms. The van der Waals surface area contributed by atoms with Crippen molar-refractivity contribution in [1.29, 1.82) is 0 Å². The molecule has 17 heavy (non-hydrogen) atoms. The van der Waals surface area contributed by atoms with E-state index in [1.54, 1.807) is 12.4 Å². The van der Waals surface area contributed by atoms with E-state index in [0.29, 0.717) is 5.92 Å². The van der Waals surface area contributed by atoms with Crippen LogP contribution in [0.15, 0.2) is 12.4 Å². The summed E-state index contributed by atoms with van der Waals surface area (Å²) in [5.74, 6) is 1.54. The molecule has 2 heterocycles. The summed E-state index contributed by atoms with van der Waals surface area (Å²) in [7, 11) is 0. The van der Waals surface area contributed by atoms with Gasteiger partial charge in [0, 0.05) is 19.3 Å². The lowest BCUT2D eigenvalue weighted by Gasteiger charge is -2.20. The van der Waals surface area contributed by atoms with Crippen LogP contribution in [-0.4, -0.2) is 41.0 Å². The molecule has 1 aromatic rings. The summed E-state index contributed by atoms with van der Waals surface area (Å²) in [4.78, 5) is 11.1. The van der Waals surface area contributed by atoms with Gasteiger partial charge < -0.3 is 10.2 Å². The Labute approximate surface area is 103 Å². The number of hydrogen-bond donors (Lipinski definition) is 1. The third kappa shape index (κ3) is 3.97. The van der Waals surface area contributed by atoms with Crippen molar-refractivity contribution in [3.8, 4) is 0 Å². The average molecular weight is 234 g/mol. The number of aromatic nitrogens is 2. The maximum absolute atomic E-state index is 4.39. The van der Waals surface area contributed by atoms with Gasteiger partial charge in [0.05, 0.1) is 11.9 Å². The normalized spacial score (nSPS) is 18.2. The summed E-state index contributed by atoms with van der Waals surface area (Å²) in [6.07, 6.45) is 6.29. The zero-order valence-electron chi connectivity index (χ0n) is 10.8. The Hall–Kier alpha value is -1.16. The molecule has 1 N–H and O–H groups in total. The van der Waals surface area contributed by atoms with Crippen molar-refractivity contribution in [3.05, 3.63) is 18.1 Å². The number of hydrogen-bond acceptors (Lipinski definition) is 4. The van der Waals surface area contributed by atoms with Crippen molar-refractivity contribution in [2.24, 2.45) is 5.92 Å². The number of aryl methyl sites for hydroxylation is 1. The number of likely N-dealkylation sites (tertiary alicyclic amines) is 1. The zero-order chi connectivity index (χ0) is 12.1. The molecule has 94 valence electrons. The van der Waals surface area contributed by atoms with E-state index in [1.165, 1.54) is 32.5 Å². The van der Waals surface area contributed by atoms with E-state index in [4.69, 9.17) is 0 Å². The van der Waals surface area contributed by atoms with Gasteiger partial charge in [-0.25, -0.2) is 4.98 Å². The molecule has 1 fully saturated rings. The first-order valence-electron chi connectivity index (χ1n) is 6.49. The topological polar surface area (TPSA) is 41.1 Å². The molecule has 1 aromatic heterocycles. The summed E-state index contributed by atoms with van der Waals surface area (Å²) < 4.78 is 0. The van der Waals surface area contributed by atoms with Crippen LogP contribution in [0.25, 0.3) is 0 Å². The molecule has 0 bridgehead atoms. The molecular formula is C13H22N4. The lowest BCUT2D eigenvalue weighted by molar-refractivity contribution is 0.294. The average Bonchev–Trinajstić information content (AvgIpc) is 2.79. The van der Waals surface area contributed by atoms with Crippen LogP contribution in [0.4, 0.5) is 5.82 Å². The fraction of sp³-hybridized carbons (Fsp3) is 0.692. The molecule has 0 unspecified atom stereocenters. The Kier molecular flexibility index (Phi) is 4.31. The van der Waals surface area contributed by atoms with Crippen LogP contribution in [0.3, 0.4) is 0 Å². The van der Waals surface area contributed by atoms with Crippen molar-refractivity contribution < 1.29 is 0 Å². The Balaban J connectivity index is 1.73. The molecule has 1 aliphatic rings. The fourth-order valence-electron chi connectivity index (χ4n) is 2.30. The van der Waals surface area contributed by atoms with Crippen LogP contribution in [0.5, 0.6) is 0 Å². The number of nitrogens with one attached hydrogen (secondary N) is 1. The third-order valence-electron chi connectivity index (χ3n) is 3.16. The zero-order valence-corrected chi connectivity index (χ0v) is 10.8. The van der Waals surface area contributed by atoms with Crippen molar-refractivity contribution >= 4 is 5.82 Å². The van der Waals surface area contributed by atoms with Gasteiger partial charge in [0.1, 0.15) is 5.82 Å². The summed E-state index contributed by atoms with van der Waals surface area (Å²) in [5.41, 5.74) is 0.960.